The third kappa shape index (κ3) is 8.56. The third-order valence-electron chi connectivity index (χ3n) is 19.3. The molecule has 0 atom stereocenters. The second kappa shape index (κ2) is 21.7. The SMILES string of the molecule is c1ccc(N(c2ccc(-c3cccc(-c4ccc(-n5c6ccccc6c6sc7c(N(c8ccc9c(c8)oc8ccccc89)c8ccc9c(c8)oc8ccccc89)cccc7c65)cc4)c3)cc2)c2ccc(-c3cccc4c3sc3c5ccccc5n(-c5ccccc5)c43)cc2)cc1. The van der Waals surface area contributed by atoms with E-state index in [0.717, 1.165) is 106 Å². The Morgan fingerprint density at radius 1 is 0.240 bits per heavy atom. The Balaban J connectivity index is 0.626. The maximum Gasteiger partial charge on any atom is 0.137 e. The van der Waals surface area contributed by atoms with Crippen LogP contribution in [0.25, 0.3) is 151 Å². The van der Waals surface area contributed by atoms with Crippen LogP contribution < -0.4 is 9.80 Å². The number of benzene rings is 14. The van der Waals surface area contributed by atoms with Gasteiger partial charge in [0, 0.05) is 99.7 Å². The third-order valence-corrected chi connectivity index (χ3v) is 21.8. The molecule has 450 valence electrons. The Morgan fingerprint density at radius 2 is 0.656 bits per heavy atom. The van der Waals surface area contributed by atoms with Gasteiger partial charge in [-0.2, -0.15) is 0 Å². The summed E-state index contributed by atoms with van der Waals surface area (Å²) in [7, 11) is 0. The predicted octanol–water partition coefficient (Wildman–Crippen LogP) is 26.0. The maximum absolute atomic E-state index is 6.55. The van der Waals surface area contributed by atoms with E-state index in [0.29, 0.717) is 0 Å². The molecular weight excluding hydrogens is 1210 g/mol. The van der Waals surface area contributed by atoms with Gasteiger partial charge >= 0.3 is 0 Å². The molecule has 14 aromatic carbocycles. The normalized spacial score (nSPS) is 12.0. The van der Waals surface area contributed by atoms with Crippen LogP contribution in [0.3, 0.4) is 0 Å². The summed E-state index contributed by atoms with van der Waals surface area (Å²) in [6, 6.07) is 119. The van der Waals surface area contributed by atoms with Crippen LogP contribution in [0.2, 0.25) is 0 Å². The van der Waals surface area contributed by atoms with E-state index in [2.05, 4.69) is 322 Å². The minimum Gasteiger partial charge on any atom is -0.456 e. The van der Waals surface area contributed by atoms with Crippen molar-refractivity contribution in [2.24, 2.45) is 0 Å². The minimum atomic E-state index is 0.842. The molecule has 0 amide bonds. The van der Waals surface area contributed by atoms with Gasteiger partial charge in [0.2, 0.25) is 0 Å². The van der Waals surface area contributed by atoms with Crippen molar-refractivity contribution in [3.8, 4) is 44.8 Å². The molecule has 0 bridgehead atoms. The van der Waals surface area contributed by atoms with Crippen molar-refractivity contribution < 1.29 is 8.83 Å². The summed E-state index contributed by atoms with van der Waals surface area (Å²) in [5, 5.41) is 9.35. The smallest absolute Gasteiger partial charge is 0.137 e. The van der Waals surface area contributed by atoms with E-state index in [1.807, 2.05) is 46.9 Å². The van der Waals surface area contributed by atoms with Crippen LogP contribution in [0.4, 0.5) is 34.1 Å². The molecule has 0 fully saturated rings. The average molecular weight is 1260 g/mol. The summed E-state index contributed by atoms with van der Waals surface area (Å²) in [6.45, 7) is 0. The van der Waals surface area contributed by atoms with Crippen molar-refractivity contribution in [1.29, 1.82) is 0 Å². The van der Waals surface area contributed by atoms with E-state index < -0.39 is 0 Å². The lowest BCUT2D eigenvalue weighted by molar-refractivity contribution is 0.669. The molecule has 0 saturated heterocycles. The topological polar surface area (TPSA) is 42.6 Å². The van der Waals surface area contributed by atoms with Gasteiger partial charge in [-0.1, -0.05) is 194 Å². The number of hydrogen-bond donors (Lipinski definition) is 0. The summed E-state index contributed by atoms with van der Waals surface area (Å²) in [6.07, 6.45) is 0. The first-order valence-corrected chi connectivity index (χ1v) is 34.1. The number of fused-ring (bicyclic) bond motifs is 16. The highest BCUT2D eigenvalue weighted by atomic mass is 32.1. The highest BCUT2D eigenvalue weighted by molar-refractivity contribution is 7.27. The van der Waals surface area contributed by atoms with Crippen molar-refractivity contribution in [1.82, 2.24) is 9.13 Å². The van der Waals surface area contributed by atoms with E-state index >= 15 is 0 Å². The molecule has 20 rings (SSSR count). The number of anilines is 6. The lowest BCUT2D eigenvalue weighted by atomic mass is 9.98. The van der Waals surface area contributed by atoms with Crippen molar-refractivity contribution in [2.75, 3.05) is 9.80 Å². The fourth-order valence-corrected chi connectivity index (χ4v) is 17.6. The van der Waals surface area contributed by atoms with Gasteiger partial charge in [-0.3, -0.25) is 0 Å². The molecule has 6 heterocycles. The molecule has 0 spiro atoms. The molecule has 0 unspecified atom stereocenters. The lowest BCUT2D eigenvalue weighted by Crippen LogP contribution is -2.10. The van der Waals surface area contributed by atoms with E-state index in [4.69, 9.17) is 8.83 Å². The summed E-state index contributed by atoms with van der Waals surface area (Å²) in [5.74, 6) is 0. The van der Waals surface area contributed by atoms with Gasteiger partial charge in [0.25, 0.3) is 0 Å². The zero-order valence-electron chi connectivity index (χ0n) is 51.6. The largest absolute Gasteiger partial charge is 0.456 e. The Hall–Kier alpha value is -12.2. The number of rotatable bonds is 11. The maximum atomic E-state index is 6.55. The molecule has 0 N–H and O–H groups in total. The van der Waals surface area contributed by atoms with E-state index in [1.54, 1.807) is 0 Å². The molecule has 96 heavy (non-hydrogen) atoms. The fraction of sp³-hybridized carbons (Fsp3) is 0. The summed E-state index contributed by atoms with van der Waals surface area (Å²) >= 11 is 3.75. The predicted molar refractivity (Wildman–Crippen MR) is 406 cm³/mol. The fourth-order valence-electron chi connectivity index (χ4n) is 14.9. The van der Waals surface area contributed by atoms with Crippen molar-refractivity contribution in [2.45, 2.75) is 0 Å². The second-order valence-electron chi connectivity index (χ2n) is 24.7. The number of furan rings is 2. The van der Waals surface area contributed by atoms with Gasteiger partial charge in [-0.05, 0) is 155 Å². The van der Waals surface area contributed by atoms with E-state index in [9.17, 15) is 0 Å². The molecule has 0 aliphatic carbocycles. The van der Waals surface area contributed by atoms with Crippen LogP contribution in [-0.4, -0.2) is 9.13 Å². The van der Waals surface area contributed by atoms with Crippen LogP contribution in [0.15, 0.2) is 336 Å². The Labute approximate surface area is 559 Å². The molecule has 0 radical (unpaired) electrons. The zero-order valence-corrected chi connectivity index (χ0v) is 53.2. The average Bonchev–Trinajstić information content (AvgIpc) is 1.55. The van der Waals surface area contributed by atoms with Crippen LogP contribution in [0.5, 0.6) is 0 Å². The number of nitrogens with zero attached hydrogens (tertiary/aromatic N) is 4. The van der Waals surface area contributed by atoms with Crippen molar-refractivity contribution in [3.05, 3.63) is 328 Å². The first kappa shape index (κ1) is 54.4. The Kier molecular flexibility index (Phi) is 12.3. The molecule has 6 nitrogen and oxygen atoms in total. The second-order valence-corrected chi connectivity index (χ2v) is 26.8. The van der Waals surface area contributed by atoms with Gasteiger partial charge < -0.3 is 27.8 Å². The summed E-state index contributed by atoms with van der Waals surface area (Å²) in [4.78, 5) is 4.72. The Bertz CT molecular complexity index is 6340. The number of thiophene rings is 2. The van der Waals surface area contributed by atoms with Gasteiger partial charge in [-0.25, -0.2) is 0 Å². The quantitative estimate of drug-likeness (QED) is 0.129. The highest BCUT2D eigenvalue weighted by Gasteiger charge is 2.26. The molecule has 8 heteroatoms. The van der Waals surface area contributed by atoms with Crippen LogP contribution in [0.1, 0.15) is 0 Å². The lowest BCUT2D eigenvalue weighted by Gasteiger charge is -2.26. The first-order chi connectivity index (χ1) is 47.6. The van der Waals surface area contributed by atoms with Crippen LogP contribution in [0, 0.1) is 0 Å². The van der Waals surface area contributed by atoms with Gasteiger partial charge in [0.1, 0.15) is 22.3 Å². The summed E-state index contributed by atoms with van der Waals surface area (Å²) in [5.41, 5.74) is 24.0. The monoisotopic (exact) mass is 1260 g/mol. The molecule has 20 aromatic rings. The summed E-state index contributed by atoms with van der Waals surface area (Å²) < 4.78 is 23.0. The molecule has 6 aromatic heterocycles. The van der Waals surface area contributed by atoms with E-state index in [1.165, 1.54) is 79.2 Å². The minimum absolute atomic E-state index is 0.842. The van der Waals surface area contributed by atoms with E-state index in [-0.39, 0.29) is 0 Å². The van der Waals surface area contributed by atoms with Crippen molar-refractivity contribution in [3.63, 3.8) is 0 Å². The van der Waals surface area contributed by atoms with Crippen LogP contribution in [-0.2, 0) is 0 Å². The van der Waals surface area contributed by atoms with Gasteiger partial charge in [0.15, 0.2) is 0 Å². The Morgan fingerprint density at radius 3 is 1.24 bits per heavy atom. The number of hydrogen-bond acceptors (Lipinski definition) is 6. The standard InChI is InChI=1S/C88H54N4O2S2/c1-3-20-60(21-4-1)89(63-46-40-57(41-47-63)67-28-16-29-74-83-87(95-85(67)74)72-26-7-11-31-76(72)91(83)61-22-5-2-6-23-61)62-42-36-55(37-43-62)58-18-15-19-59(52-58)56-38-44-64(45-39-56)92-77-32-12-8-27-73(77)88-84(92)75-30-17-33-78(86(75)96-88)90(65-48-50-70-68-24-9-13-34-79(68)93-81(70)53-65)66-49-51-71-69-25-10-14-35-80(69)94-82(71)54-66/h1-54H. The van der Waals surface area contributed by atoms with Crippen LogP contribution >= 0.6 is 22.7 Å². The zero-order chi connectivity index (χ0) is 63.0. The molecular formula is C88H54N4O2S2. The van der Waals surface area contributed by atoms with Gasteiger partial charge in [-0.15, -0.1) is 22.7 Å². The number of para-hydroxylation sites is 6. The first-order valence-electron chi connectivity index (χ1n) is 32.4. The van der Waals surface area contributed by atoms with Crippen molar-refractivity contribution >= 4 is 163 Å². The van der Waals surface area contributed by atoms with Gasteiger partial charge in [0.05, 0.1) is 41.9 Å². The highest BCUT2D eigenvalue weighted by Crippen LogP contribution is 2.51. The number of aromatic nitrogens is 2. The molecule has 0 aliphatic rings. The molecule has 0 aliphatic heterocycles. The molecule has 0 saturated carbocycles.